The summed E-state index contributed by atoms with van der Waals surface area (Å²) in [6, 6.07) is 50.5. The van der Waals surface area contributed by atoms with Crippen molar-refractivity contribution >= 4 is 0 Å². The summed E-state index contributed by atoms with van der Waals surface area (Å²) in [6.07, 6.45) is 3.56. The van der Waals surface area contributed by atoms with Crippen molar-refractivity contribution in [3.05, 3.63) is 164 Å². The lowest BCUT2D eigenvalue weighted by atomic mass is 10.0. The summed E-state index contributed by atoms with van der Waals surface area (Å²) in [6.45, 7) is 0. The number of hydrogen-bond acceptors (Lipinski definition) is 6. The molecule has 47 heavy (non-hydrogen) atoms. The molecule has 7 heteroatoms. The van der Waals surface area contributed by atoms with Crippen LogP contribution < -0.4 is 0 Å². The molecule has 0 bridgehead atoms. The SMILES string of the molecule is c1ccc(-c2cc(-c3ccccn3)nc(-c3nnc(-c4cc(-c5ccccc5)cc(-c5ccccn5)n4)n3-c3ccccc3)c2)cc1. The van der Waals surface area contributed by atoms with Crippen molar-refractivity contribution in [2.75, 3.05) is 0 Å². The van der Waals surface area contributed by atoms with Crippen LogP contribution in [0.3, 0.4) is 0 Å². The third-order valence-corrected chi connectivity index (χ3v) is 7.86. The van der Waals surface area contributed by atoms with E-state index in [2.05, 4.69) is 58.5 Å². The predicted molar refractivity (Wildman–Crippen MR) is 185 cm³/mol. The van der Waals surface area contributed by atoms with E-state index in [0.717, 1.165) is 50.7 Å². The lowest BCUT2D eigenvalue weighted by Gasteiger charge is -2.14. The van der Waals surface area contributed by atoms with E-state index in [-0.39, 0.29) is 0 Å². The smallest absolute Gasteiger partial charge is 0.187 e. The number of para-hydroxylation sites is 1. The quantitative estimate of drug-likeness (QED) is 0.181. The predicted octanol–water partition coefficient (Wildman–Crippen LogP) is 8.85. The fourth-order valence-electron chi connectivity index (χ4n) is 5.61. The molecule has 0 atom stereocenters. The molecule has 0 spiro atoms. The van der Waals surface area contributed by atoms with E-state index in [1.807, 2.05) is 108 Å². The summed E-state index contributed by atoms with van der Waals surface area (Å²) in [4.78, 5) is 19.4. The van der Waals surface area contributed by atoms with Gasteiger partial charge in [-0.25, -0.2) is 9.97 Å². The van der Waals surface area contributed by atoms with Gasteiger partial charge in [-0.2, -0.15) is 0 Å². The minimum Gasteiger partial charge on any atom is -0.272 e. The van der Waals surface area contributed by atoms with E-state index in [0.29, 0.717) is 23.0 Å². The highest BCUT2D eigenvalue weighted by Crippen LogP contribution is 2.34. The van der Waals surface area contributed by atoms with Crippen LogP contribution in [0.2, 0.25) is 0 Å². The monoisotopic (exact) mass is 605 g/mol. The van der Waals surface area contributed by atoms with E-state index in [1.54, 1.807) is 12.4 Å². The van der Waals surface area contributed by atoms with E-state index < -0.39 is 0 Å². The van der Waals surface area contributed by atoms with Gasteiger partial charge in [-0.15, -0.1) is 10.2 Å². The Morgan fingerprint density at radius 3 is 1.17 bits per heavy atom. The van der Waals surface area contributed by atoms with Gasteiger partial charge in [0.05, 0.1) is 22.8 Å². The second-order valence-corrected chi connectivity index (χ2v) is 10.9. The fraction of sp³-hybridized carbons (Fsp3) is 0. The standard InChI is InChI=1S/C40H27N7/c1-4-14-28(15-5-1)30-24-35(33-20-10-12-22-41-33)43-37(26-30)39-45-46-40(47(39)32-18-8-3-9-19-32)38-27-31(29-16-6-2-7-17-29)25-36(44-38)34-21-11-13-23-42-34/h1-27H. The Kier molecular flexibility index (Phi) is 7.38. The Bertz CT molecular complexity index is 2010. The lowest BCUT2D eigenvalue weighted by molar-refractivity contribution is 1.05. The van der Waals surface area contributed by atoms with Crippen LogP contribution in [0.15, 0.2) is 164 Å². The van der Waals surface area contributed by atoms with Crippen molar-refractivity contribution in [3.8, 4) is 73.8 Å². The van der Waals surface area contributed by atoms with E-state index in [4.69, 9.17) is 20.2 Å². The molecule has 5 heterocycles. The highest BCUT2D eigenvalue weighted by atomic mass is 15.3. The Labute approximate surface area is 272 Å². The summed E-state index contributed by atoms with van der Waals surface area (Å²) in [5.74, 6) is 1.18. The Morgan fingerprint density at radius 2 is 0.745 bits per heavy atom. The first-order valence-corrected chi connectivity index (χ1v) is 15.3. The average Bonchev–Trinajstić information content (AvgIpc) is 3.62. The molecule has 5 aromatic heterocycles. The second kappa shape index (κ2) is 12.4. The van der Waals surface area contributed by atoms with Crippen molar-refractivity contribution in [3.63, 3.8) is 0 Å². The van der Waals surface area contributed by atoms with Crippen molar-refractivity contribution < 1.29 is 0 Å². The summed E-state index contributed by atoms with van der Waals surface area (Å²) in [7, 11) is 0. The van der Waals surface area contributed by atoms with Crippen LogP contribution in [-0.4, -0.2) is 34.7 Å². The number of pyridine rings is 4. The van der Waals surface area contributed by atoms with E-state index in [9.17, 15) is 0 Å². The molecule has 0 amide bonds. The topological polar surface area (TPSA) is 82.3 Å². The van der Waals surface area contributed by atoms with Gasteiger partial charge in [-0.1, -0.05) is 91.0 Å². The maximum atomic E-state index is 5.11. The molecular formula is C40H27N7. The highest BCUT2D eigenvalue weighted by Gasteiger charge is 2.22. The molecule has 7 nitrogen and oxygen atoms in total. The van der Waals surface area contributed by atoms with Crippen molar-refractivity contribution in [1.82, 2.24) is 34.7 Å². The molecule has 3 aromatic carbocycles. The maximum absolute atomic E-state index is 5.11. The van der Waals surface area contributed by atoms with Crippen LogP contribution in [0.5, 0.6) is 0 Å². The van der Waals surface area contributed by atoms with Gasteiger partial charge in [0.15, 0.2) is 11.6 Å². The summed E-state index contributed by atoms with van der Waals surface area (Å²) in [5.41, 5.74) is 9.39. The van der Waals surface area contributed by atoms with Crippen molar-refractivity contribution in [2.45, 2.75) is 0 Å². The van der Waals surface area contributed by atoms with Gasteiger partial charge in [0, 0.05) is 18.1 Å². The van der Waals surface area contributed by atoms with Crippen LogP contribution in [0.4, 0.5) is 0 Å². The van der Waals surface area contributed by atoms with Gasteiger partial charge >= 0.3 is 0 Å². The van der Waals surface area contributed by atoms with Gasteiger partial charge in [-0.3, -0.25) is 14.5 Å². The van der Waals surface area contributed by atoms with Gasteiger partial charge in [0.1, 0.15) is 11.4 Å². The van der Waals surface area contributed by atoms with Crippen molar-refractivity contribution in [2.24, 2.45) is 0 Å². The molecule has 0 radical (unpaired) electrons. The van der Waals surface area contributed by atoms with Gasteiger partial charge in [-0.05, 0) is 82.9 Å². The number of rotatable bonds is 7. The van der Waals surface area contributed by atoms with E-state index >= 15 is 0 Å². The lowest BCUT2D eigenvalue weighted by Crippen LogP contribution is -2.04. The molecule has 0 unspecified atom stereocenters. The van der Waals surface area contributed by atoms with Crippen LogP contribution in [0, 0.1) is 0 Å². The Morgan fingerprint density at radius 1 is 0.340 bits per heavy atom. The van der Waals surface area contributed by atoms with Crippen LogP contribution in [0.25, 0.3) is 73.8 Å². The summed E-state index contributed by atoms with van der Waals surface area (Å²) >= 11 is 0. The molecular weight excluding hydrogens is 578 g/mol. The Hall–Kier alpha value is -6.60. The molecule has 0 N–H and O–H groups in total. The zero-order valence-corrected chi connectivity index (χ0v) is 25.2. The highest BCUT2D eigenvalue weighted by molar-refractivity contribution is 5.77. The normalized spacial score (nSPS) is 11.0. The number of benzene rings is 3. The van der Waals surface area contributed by atoms with Crippen LogP contribution in [-0.2, 0) is 0 Å². The van der Waals surface area contributed by atoms with Gasteiger partial charge in [0.25, 0.3) is 0 Å². The molecule has 8 rings (SSSR count). The zero-order valence-electron chi connectivity index (χ0n) is 25.2. The van der Waals surface area contributed by atoms with Gasteiger partial charge < -0.3 is 0 Å². The minimum atomic E-state index is 0.590. The summed E-state index contributed by atoms with van der Waals surface area (Å²) in [5, 5.41) is 9.58. The molecule has 0 saturated heterocycles. The average molecular weight is 606 g/mol. The van der Waals surface area contributed by atoms with E-state index in [1.165, 1.54) is 0 Å². The molecule has 0 aliphatic rings. The molecule has 0 aliphatic heterocycles. The molecule has 0 fully saturated rings. The third kappa shape index (κ3) is 5.69. The first-order chi connectivity index (χ1) is 23.3. The van der Waals surface area contributed by atoms with Gasteiger partial charge in [0.2, 0.25) is 0 Å². The van der Waals surface area contributed by atoms with Crippen LogP contribution in [0.1, 0.15) is 0 Å². The third-order valence-electron chi connectivity index (χ3n) is 7.86. The first kappa shape index (κ1) is 27.9. The zero-order chi connectivity index (χ0) is 31.4. The first-order valence-electron chi connectivity index (χ1n) is 15.3. The summed E-state index contributed by atoms with van der Waals surface area (Å²) < 4.78 is 2.03. The number of nitrogens with zero attached hydrogens (tertiary/aromatic N) is 7. The Balaban J connectivity index is 1.37. The maximum Gasteiger partial charge on any atom is 0.187 e. The van der Waals surface area contributed by atoms with Crippen LogP contribution >= 0.6 is 0 Å². The van der Waals surface area contributed by atoms with Crippen molar-refractivity contribution in [1.29, 1.82) is 0 Å². The molecule has 8 aromatic rings. The molecule has 0 saturated carbocycles. The molecule has 222 valence electrons. The number of hydrogen-bond donors (Lipinski definition) is 0. The molecule has 0 aliphatic carbocycles. The number of aromatic nitrogens is 7. The largest absolute Gasteiger partial charge is 0.272 e. The second-order valence-electron chi connectivity index (χ2n) is 10.9. The fourth-order valence-corrected chi connectivity index (χ4v) is 5.61. The minimum absolute atomic E-state index is 0.590.